The largest absolute Gasteiger partial charge is 0.478 e. The number of ether oxygens (including phenoxy) is 2. The van der Waals surface area contributed by atoms with Crippen LogP contribution in [0.25, 0.3) is 22.2 Å². The summed E-state index contributed by atoms with van der Waals surface area (Å²) in [5.74, 6) is -6.58. The lowest BCUT2D eigenvalue weighted by Crippen LogP contribution is -2.45. The highest BCUT2D eigenvalue weighted by molar-refractivity contribution is 6.03. The molecule has 5 aromatic rings. The zero-order valence-corrected chi connectivity index (χ0v) is 25.1. The van der Waals surface area contributed by atoms with Gasteiger partial charge >= 0.3 is 29.8 Å². The van der Waals surface area contributed by atoms with Gasteiger partial charge in [0.25, 0.3) is 0 Å². The van der Waals surface area contributed by atoms with Crippen molar-refractivity contribution in [3.63, 3.8) is 0 Å². The van der Waals surface area contributed by atoms with E-state index in [9.17, 15) is 39.3 Å². The number of aliphatic carboxylic acids is 2. The van der Waals surface area contributed by atoms with Gasteiger partial charge in [-0.2, -0.15) is 0 Å². The molecule has 47 heavy (non-hydrogen) atoms. The zero-order chi connectivity index (χ0) is 34.1. The third-order valence-corrected chi connectivity index (χ3v) is 6.71. The number of nitrogens with zero attached hydrogens (tertiary/aromatic N) is 2. The highest BCUT2D eigenvalue weighted by atomic mass is 16.6. The minimum Gasteiger partial charge on any atom is -0.478 e. The summed E-state index contributed by atoms with van der Waals surface area (Å²) in [6, 6.07) is 24.5. The molecule has 0 saturated heterocycles. The fourth-order valence-electron chi connectivity index (χ4n) is 4.24. The SMILES string of the molecule is Cc1ccc(C(=O)OC(C(=O)O)C(OC(=O)c2ccc(C)cc2)C(=O)O)cc1.O=C(O)c1cc(-c2cccnc2)nc2ccccc12. The minimum atomic E-state index is -2.22. The molecular weight excluding hydrogens is 608 g/mol. The number of fused-ring (bicyclic) bond motifs is 1. The Labute approximate surface area is 267 Å². The van der Waals surface area contributed by atoms with Crippen LogP contribution in [0.15, 0.2) is 103 Å². The van der Waals surface area contributed by atoms with Gasteiger partial charge in [0.15, 0.2) is 0 Å². The smallest absolute Gasteiger partial charge is 0.349 e. The van der Waals surface area contributed by atoms with E-state index in [0.29, 0.717) is 16.6 Å². The highest BCUT2D eigenvalue weighted by Gasteiger charge is 2.41. The molecule has 0 aliphatic heterocycles. The molecule has 0 saturated carbocycles. The van der Waals surface area contributed by atoms with Crippen LogP contribution < -0.4 is 0 Å². The summed E-state index contributed by atoms with van der Waals surface area (Å²) < 4.78 is 9.64. The van der Waals surface area contributed by atoms with Gasteiger partial charge in [0, 0.05) is 23.3 Å². The van der Waals surface area contributed by atoms with Crippen molar-refractivity contribution >= 4 is 40.7 Å². The third-order valence-electron chi connectivity index (χ3n) is 6.71. The molecule has 0 bridgehead atoms. The van der Waals surface area contributed by atoms with Crippen molar-refractivity contribution in [3.05, 3.63) is 131 Å². The number of aryl methyl sites for hydroxylation is 2. The summed E-state index contributed by atoms with van der Waals surface area (Å²) in [5, 5.41) is 28.6. The van der Waals surface area contributed by atoms with Crippen LogP contribution in [0.3, 0.4) is 0 Å². The Kier molecular flexibility index (Phi) is 10.7. The molecule has 0 spiro atoms. The van der Waals surface area contributed by atoms with Crippen LogP contribution in [0, 0.1) is 13.8 Å². The van der Waals surface area contributed by atoms with Gasteiger partial charge in [0.2, 0.25) is 12.2 Å². The van der Waals surface area contributed by atoms with Crippen LogP contribution >= 0.6 is 0 Å². The van der Waals surface area contributed by atoms with E-state index < -0.39 is 42.1 Å². The first-order valence-electron chi connectivity index (χ1n) is 14.0. The molecule has 0 amide bonds. The number of hydrogen-bond donors (Lipinski definition) is 3. The molecule has 238 valence electrons. The van der Waals surface area contributed by atoms with Crippen molar-refractivity contribution in [3.8, 4) is 11.3 Å². The minimum absolute atomic E-state index is 0.0332. The van der Waals surface area contributed by atoms with Gasteiger partial charge in [-0.25, -0.2) is 29.0 Å². The Morgan fingerprint density at radius 3 is 1.62 bits per heavy atom. The molecule has 2 aromatic heterocycles. The van der Waals surface area contributed by atoms with E-state index in [2.05, 4.69) is 9.97 Å². The molecule has 2 heterocycles. The number of carbonyl (C=O) groups excluding carboxylic acids is 2. The maximum atomic E-state index is 12.2. The van der Waals surface area contributed by atoms with Gasteiger partial charge in [-0.1, -0.05) is 53.6 Å². The van der Waals surface area contributed by atoms with E-state index in [0.717, 1.165) is 16.7 Å². The average Bonchev–Trinajstić information content (AvgIpc) is 3.06. The number of benzene rings is 3. The van der Waals surface area contributed by atoms with Crippen LogP contribution in [-0.2, 0) is 19.1 Å². The summed E-state index contributed by atoms with van der Waals surface area (Å²) in [7, 11) is 0. The van der Waals surface area contributed by atoms with E-state index in [-0.39, 0.29) is 16.7 Å². The molecule has 2 unspecified atom stereocenters. The molecule has 2 atom stereocenters. The number of carboxylic acid groups (broad SMARTS) is 3. The number of aromatic carboxylic acids is 1. The molecule has 5 rings (SSSR count). The number of hydrogen-bond acceptors (Lipinski definition) is 9. The Bertz CT molecular complexity index is 1850. The van der Waals surface area contributed by atoms with Gasteiger partial charge < -0.3 is 24.8 Å². The molecular formula is C35H28N2O10. The third kappa shape index (κ3) is 8.60. The predicted molar refractivity (Wildman–Crippen MR) is 168 cm³/mol. The van der Waals surface area contributed by atoms with E-state index in [1.54, 1.807) is 74.8 Å². The molecule has 0 fully saturated rings. The average molecular weight is 637 g/mol. The lowest BCUT2D eigenvalue weighted by molar-refractivity contribution is -0.166. The Morgan fingerprint density at radius 2 is 1.17 bits per heavy atom. The number of rotatable bonds is 9. The summed E-state index contributed by atoms with van der Waals surface area (Å²) in [5.41, 5.74) is 4.13. The van der Waals surface area contributed by atoms with Crippen molar-refractivity contribution in [1.82, 2.24) is 9.97 Å². The van der Waals surface area contributed by atoms with Crippen molar-refractivity contribution < 1.29 is 48.8 Å². The molecule has 0 aliphatic rings. The lowest BCUT2D eigenvalue weighted by Gasteiger charge is -2.21. The highest BCUT2D eigenvalue weighted by Crippen LogP contribution is 2.24. The summed E-state index contributed by atoms with van der Waals surface area (Å²) in [4.78, 5) is 67.2. The molecule has 0 aliphatic carbocycles. The molecule has 12 heteroatoms. The van der Waals surface area contributed by atoms with Crippen LogP contribution in [0.4, 0.5) is 0 Å². The Morgan fingerprint density at radius 1 is 0.660 bits per heavy atom. The number of esters is 2. The number of para-hydroxylation sites is 1. The molecule has 0 radical (unpaired) electrons. The van der Waals surface area contributed by atoms with Crippen LogP contribution in [-0.4, -0.2) is 67.3 Å². The van der Waals surface area contributed by atoms with E-state index in [1.165, 1.54) is 24.3 Å². The first-order valence-corrected chi connectivity index (χ1v) is 14.0. The predicted octanol–water partition coefficient (Wildman–Crippen LogP) is 5.22. The fourth-order valence-corrected chi connectivity index (χ4v) is 4.24. The first kappa shape index (κ1) is 33.5. The lowest BCUT2D eigenvalue weighted by atomic mass is 10.1. The van der Waals surface area contributed by atoms with E-state index in [1.807, 2.05) is 18.2 Å². The molecule has 3 aromatic carbocycles. The zero-order valence-electron chi connectivity index (χ0n) is 25.1. The van der Waals surface area contributed by atoms with Gasteiger partial charge in [-0.15, -0.1) is 0 Å². The van der Waals surface area contributed by atoms with Gasteiger partial charge in [-0.3, -0.25) is 4.98 Å². The second-order valence-electron chi connectivity index (χ2n) is 10.2. The standard InChI is InChI=1S/C20H18O8.C15H10N2O2/c1-11-3-7-13(8-4-11)19(25)27-15(17(21)22)16(18(23)24)28-20(26)14-9-5-12(2)6-10-14;18-15(19)12-8-14(10-4-3-7-16-9-10)17-13-6-2-1-5-11(12)13/h3-10,15-16H,1-2H3,(H,21,22)(H,23,24);1-9H,(H,18,19). The Hall–Kier alpha value is -6.43. The first-order chi connectivity index (χ1) is 22.4. The van der Waals surface area contributed by atoms with Crippen LogP contribution in [0.5, 0.6) is 0 Å². The van der Waals surface area contributed by atoms with Crippen LogP contribution in [0.2, 0.25) is 0 Å². The van der Waals surface area contributed by atoms with Crippen molar-refractivity contribution in [2.75, 3.05) is 0 Å². The number of aromatic nitrogens is 2. The summed E-state index contributed by atoms with van der Waals surface area (Å²) in [6.45, 7) is 3.58. The van der Waals surface area contributed by atoms with Gasteiger partial charge in [-0.05, 0) is 62.4 Å². The number of pyridine rings is 2. The van der Waals surface area contributed by atoms with Crippen molar-refractivity contribution in [1.29, 1.82) is 0 Å². The van der Waals surface area contributed by atoms with Crippen molar-refractivity contribution in [2.24, 2.45) is 0 Å². The summed E-state index contributed by atoms with van der Waals surface area (Å²) in [6.07, 6.45) is -1.10. The monoisotopic (exact) mass is 636 g/mol. The Balaban J connectivity index is 0.000000228. The van der Waals surface area contributed by atoms with Gasteiger partial charge in [0.05, 0.1) is 27.9 Å². The topological polar surface area (TPSA) is 190 Å². The quantitative estimate of drug-likeness (QED) is 0.179. The number of carbonyl (C=O) groups is 5. The molecule has 12 nitrogen and oxygen atoms in total. The van der Waals surface area contributed by atoms with Crippen LogP contribution in [0.1, 0.15) is 42.2 Å². The normalized spacial score (nSPS) is 11.7. The fraction of sp³-hybridized carbons (Fsp3) is 0.114. The second kappa shape index (κ2) is 15.0. The summed E-state index contributed by atoms with van der Waals surface area (Å²) >= 11 is 0. The molecule has 3 N–H and O–H groups in total. The number of carboxylic acids is 3. The van der Waals surface area contributed by atoms with E-state index >= 15 is 0 Å². The maximum Gasteiger partial charge on any atom is 0.349 e. The second-order valence-corrected chi connectivity index (χ2v) is 10.2. The van der Waals surface area contributed by atoms with Crippen molar-refractivity contribution in [2.45, 2.75) is 26.1 Å². The van der Waals surface area contributed by atoms with E-state index in [4.69, 9.17) is 9.47 Å². The van der Waals surface area contributed by atoms with Gasteiger partial charge in [0.1, 0.15) is 0 Å². The maximum absolute atomic E-state index is 12.2.